The van der Waals surface area contributed by atoms with Crippen LogP contribution in [0.1, 0.15) is 23.6 Å². The van der Waals surface area contributed by atoms with Gasteiger partial charge in [-0.25, -0.2) is 14.4 Å². The molecule has 2 N–H and O–H groups in total. The number of carboxylic acid groups (broad SMARTS) is 2. The molecule has 0 saturated carbocycles. The summed E-state index contributed by atoms with van der Waals surface area (Å²) in [6, 6.07) is 20.6. The lowest BCUT2D eigenvalue weighted by Gasteiger charge is -2.31. The van der Waals surface area contributed by atoms with Crippen molar-refractivity contribution >= 4 is 18.0 Å². The van der Waals surface area contributed by atoms with E-state index in [1.165, 1.54) is 11.1 Å². The van der Waals surface area contributed by atoms with E-state index in [4.69, 9.17) is 19.7 Å². The number of carboxylic acids is 2. The lowest BCUT2D eigenvalue weighted by Crippen LogP contribution is -2.39. The first kappa shape index (κ1) is 26.9. The molecule has 2 atom stereocenters. The van der Waals surface area contributed by atoms with Gasteiger partial charge in [0.25, 0.3) is 0 Å². The average Bonchev–Trinajstić information content (AvgIpc) is 3.24. The second-order valence-corrected chi connectivity index (χ2v) is 8.53. The Kier molecular flexibility index (Phi) is 10.5. The van der Waals surface area contributed by atoms with Gasteiger partial charge in [0, 0.05) is 38.2 Å². The zero-order valence-electron chi connectivity index (χ0n) is 20.1. The van der Waals surface area contributed by atoms with Crippen molar-refractivity contribution < 1.29 is 34.1 Å². The van der Waals surface area contributed by atoms with E-state index in [0.29, 0.717) is 18.7 Å². The fourth-order valence-electron chi connectivity index (χ4n) is 4.23. The molecule has 36 heavy (non-hydrogen) atoms. The predicted octanol–water partition coefficient (Wildman–Crippen LogP) is 3.23. The molecule has 1 amide bonds. The molecule has 2 saturated heterocycles. The van der Waals surface area contributed by atoms with Gasteiger partial charge in [-0.3, -0.25) is 9.80 Å². The third-order valence-electron chi connectivity index (χ3n) is 5.96. The monoisotopic (exact) mass is 496 g/mol. The van der Waals surface area contributed by atoms with Crippen molar-refractivity contribution in [3.05, 3.63) is 83.9 Å². The SMILES string of the molecule is O=C(O)/C=C/C(=O)O.O=C1OC(Cc2ccccc2)CN1C(CCN1CCOCC1)c1ccccc1. The molecule has 0 aliphatic carbocycles. The topological polar surface area (TPSA) is 117 Å². The molecule has 0 radical (unpaired) electrons. The predicted molar refractivity (Wildman–Crippen MR) is 133 cm³/mol. The van der Waals surface area contributed by atoms with Gasteiger partial charge >= 0.3 is 18.0 Å². The molecule has 2 heterocycles. The van der Waals surface area contributed by atoms with Crippen LogP contribution in [0.3, 0.4) is 0 Å². The van der Waals surface area contributed by atoms with E-state index in [2.05, 4.69) is 29.2 Å². The van der Waals surface area contributed by atoms with Gasteiger partial charge in [-0.15, -0.1) is 0 Å². The van der Waals surface area contributed by atoms with Crippen LogP contribution in [0.25, 0.3) is 0 Å². The number of hydrogen-bond acceptors (Lipinski definition) is 6. The molecular weight excluding hydrogens is 464 g/mol. The molecule has 192 valence electrons. The Bertz CT molecular complexity index is 991. The van der Waals surface area contributed by atoms with Crippen LogP contribution < -0.4 is 0 Å². The minimum Gasteiger partial charge on any atom is -0.478 e. The number of nitrogens with zero attached hydrogens (tertiary/aromatic N) is 2. The zero-order chi connectivity index (χ0) is 25.8. The molecule has 2 unspecified atom stereocenters. The molecule has 0 spiro atoms. The van der Waals surface area contributed by atoms with Crippen molar-refractivity contribution in [2.24, 2.45) is 0 Å². The molecule has 9 heteroatoms. The van der Waals surface area contributed by atoms with E-state index in [9.17, 15) is 14.4 Å². The summed E-state index contributed by atoms with van der Waals surface area (Å²) in [6.07, 6.45) is 2.48. The minimum atomic E-state index is -1.26. The van der Waals surface area contributed by atoms with Gasteiger partial charge in [0.15, 0.2) is 0 Å². The Morgan fingerprint density at radius 2 is 1.53 bits per heavy atom. The van der Waals surface area contributed by atoms with E-state index in [1.807, 2.05) is 41.3 Å². The largest absolute Gasteiger partial charge is 0.478 e. The van der Waals surface area contributed by atoms with Gasteiger partial charge in [-0.2, -0.15) is 0 Å². The summed E-state index contributed by atoms with van der Waals surface area (Å²) in [6.45, 7) is 5.10. The molecule has 0 aromatic heterocycles. The molecule has 9 nitrogen and oxygen atoms in total. The zero-order valence-corrected chi connectivity index (χ0v) is 20.1. The van der Waals surface area contributed by atoms with E-state index >= 15 is 0 Å². The summed E-state index contributed by atoms with van der Waals surface area (Å²) in [4.78, 5) is 36.2. The number of carbonyl (C=O) groups excluding carboxylic acids is 1. The highest BCUT2D eigenvalue weighted by molar-refractivity contribution is 5.89. The highest BCUT2D eigenvalue weighted by Crippen LogP contribution is 2.30. The van der Waals surface area contributed by atoms with Crippen LogP contribution >= 0.6 is 0 Å². The van der Waals surface area contributed by atoms with Crippen LogP contribution in [-0.4, -0.2) is 83.5 Å². The molecular formula is C27H32N2O7. The van der Waals surface area contributed by atoms with Crippen molar-refractivity contribution in [3.8, 4) is 0 Å². The normalized spacial score (nSPS) is 18.8. The summed E-state index contributed by atoms with van der Waals surface area (Å²) in [5.41, 5.74) is 2.37. The quantitative estimate of drug-likeness (QED) is 0.509. The van der Waals surface area contributed by atoms with Crippen molar-refractivity contribution in [1.82, 2.24) is 9.80 Å². The van der Waals surface area contributed by atoms with Gasteiger partial charge in [0.1, 0.15) is 6.10 Å². The Morgan fingerprint density at radius 1 is 0.944 bits per heavy atom. The number of carbonyl (C=O) groups is 3. The van der Waals surface area contributed by atoms with Crippen LogP contribution in [0.15, 0.2) is 72.8 Å². The van der Waals surface area contributed by atoms with Crippen molar-refractivity contribution in [2.45, 2.75) is 25.0 Å². The van der Waals surface area contributed by atoms with E-state index in [-0.39, 0.29) is 18.2 Å². The average molecular weight is 497 g/mol. The summed E-state index contributed by atoms with van der Waals surface area (Å²) in [5, 5.41) is 15.6. The van der Waals surface area contributed by atoms with E-state index in [0.717, 1.165) is 45.7 Å². The van der Waals surface area contributed by atoms with Crippen LogP contribution in [0, 0.1) is 0 Å². The number of ether oxygens (including phenoxy) is 2. The van der Waals surface area contributed by atoms with Gasteiger partial charge in [0.2, 0.25) is 0 Å². The summed E-state index contributed by atoms with van der Waals surface area (Å²) in [5.74, 6) is -2.51. The molecule has 2 aromatic rings. The lowest BCUT2D eigenvalue weighted by molar-refractivity contribution is -0.134. The van der Waals surface area contributed by atoms with Crippen molar-refractivity contribution in [2.75, 3.05) is 39.4 Å². The number of amides is 1. The third kappa shape index (κ3) is 8.83. The second-order valence-electron chi connectivity index (χ2n) is 8.53. The Balaban J connectivity index is 0.000000392. The number of aliphatic carboxylic acids is 2. The molecule has 2 fully saturated rings. The van der Waals surface area contributed by atoms with Gasteiger partial charge < -0.3 is 19.7 Å². The van der Waals surface area contributed by atoms with E-state index < -0.39 is 11.9 Å². The maximum absolute atomic E-state index is 12.7. The smallest absolute Gasteiger partial charge is 0.410 e. The molecule has 2 aliphatic heterocycles. The number of rotatable bonds is 9. The van der Waals surface area contributed by atoms with Gasteiger partial charge in [0.05, 0.1) is 25.8 Å². The first-order valence-electron chi connectivity index (χ1n) is 11.9. The summed E-state index contributed by atoms with van der Waals surface area (Å²) < 4.78 is 11.2. The third-order valence-corrected chi connectivity index (χ3v) is 5.96. The molecule has 4 rings (SSSR count). The Labute approximate surface area is 210 Å². The minimum absolute atomic E-state index is 0.0392. The standard InChI is InChI=1S/C23H28N2O3.C4H4O4/c26-23-25(18-21(28-23)17-19-7-3-1-4-8-19)22(20-9-5-2-6-10-20)11-12-24-13-15-27-16-14-24;5-3(6)1-2-4(7)8/h1-10,21-22H,11-18H2;1-2H,(H,5,6)(H,7,8)/b;2-1+. The van der Waals surface area contributed by atoms with Crippen LogP contribution in [0.4, 0.5) is 4.79 Å². The number of morpholine rings is 1. The van der Waals surface area contributed by atoms with Crippen molar-refractivity contribution in [1.29, 1.82) is 0 Å². The van der Waals surface area contributed by atoms with Crippen LogP contribution in [-0.2, 0) is 25.5 Å². The van der Waals surface area contributed by atoms with E-state index in [1.54, 1.807) is 0 Å². The highest BCUT2D eigenvalue weighted by atomic mass is 16.6. The Hall–Kier alpha value is -3.69. The first-order chi connectivity index (χ1) is 17.4. The van der Waals surface area contributed by atoms with Gasteiger partial charge in [-0.1, -0.05) is 60.7 Å². The number of benzene rings is 2. The van der Waals surface area contributed by atoms with Crippen LogP contribution in [0.2, 0.25) is 0 Å². The maximum Gasteiger partial charge on any atom is 0.410 e. The fraction of sp³-hybridized carbons (Fsp3) is 0.370. The second kappa shape index (κ2) is 14.0. The molecule has 2 aromatic carbocycles. The number of cyclic esters (lactones) is 1. The fourth-order valence-corrected chi connectivity index (χ4v) is 4.23. The van der Waals surface area contributed by atoms with Crippen molar-refractivity contribution in [3.63, 3.8) is 0 Å². The molecule has 2 aliphatic rings. The maximum atomic E-state index is 12.7. The van der Waals surface area contributed by atoms with Gasteiger partial charge in [-0.05, 0) is 17.5 Å². The lowest BCUT2D eigenvalue weighted by atomic mass is 10.0. The Morgan fingerprint density at radius 3 is 2.11 bits per heavy atom. The first-order valence-corrected chi connectivity index (χ1v) is 11.9. The molecule has 0 bridgehead atoms. The highest BCUT2D eigenvalue weighted by Gasteiger charge is 2.36. The number of hydrogen-bond donors (Lipinski definition) is 2. The summed E-state index contributed by atoms with van der Waals surface area (Å²) in [7, 11) is 0. The summed E-state index contributed by atoms with van der Waals surface area (Å²) >= 11 is 0. The van der Waals surface area contributed by atoms with Crippen LogP contribution in [0.5, 0.6) is 0 Å².